The maximum atomic E-state index is 12.1. The highest BCUT2D eigenvalue weighted by Gasteiger charge is 2.13. The third-order valence-corrected chi connectivity index (χ3v) is 3.50. The number of nitrogens with zero attached hydrogens (tertiary/aromatic N) is 2. The van der Waals surface area contributed by atoms with Crippen molar-refractivity contribution in [2.75, 3.05) is 6.54 Å². The Bertz CT molecular complexity index is 695. The zero-order valence-corrected chi connectivity index (χ0v) is 13.9. The molecule has 7 heteroatoms. The standard InChI is InChI=1S/C16H19ClN4O2/c1-3-21-14(8-11(2)20-21)16(23)19-10-15(22)18-9-12-4-6-13(17)7-5-12/h4-8H,3,9-10H2,1-2H3,(H,18,22)(H,19,23). The molecule has 23 heavy (non-hydrogen) atoms. The maximum Gasteiger partial charge on any atom is 0.269 e. The van der Waals surface area contributed by atoms with Gasteiger partial charge in [-0.3, -0.25) is 14.3 Å². The molecule has 122 valence electrons. The minimum Gasteiger partial charge on any atom is -0.350 e. The summed E-state index contributed by atoms with van der Waals surface area (Å²) in [6.45, 7) is 4.63. The van der Waals surface area contributed by atoms with Gasteiger partial charge in [0.05, 0.1) is 12.2 Å². The van der Waals surface area contributed by atoms with Gasteiger partial charge in [0.15, 0.2) is 0 Å². The van der Waals surface area contributed by atoms with Crippen molar-refractivity contribution in [3.63, 3.8) is 0 Å². The third kappa shape index (κ3) is 4.82. The lowest BCUT2D eigenvalue weighted by molar-refractivity contribution is -0.120. The average molecular weight is 335 g/mol. The Kier molecular flexibility index (Phi) is 5.76. The Morgan fingerprint density at radius 3 is 2.57 bits per heavy atom. The fourth-order valence-corrected chi connectivity index (χ4v) is 2.21. The maximum absolute atomic E-state index is 12.1. The molecule has 0 radical (unpaired) electrons. The van der Waals surface area contributed by atoms with Crippen molar-refractivity contribution >= 4 is 23.4 Å². The van der Waals surface area contributed by atoms with Crippen LogP contribution in [0.15, 0.2) is 30.3 Å². The summed E-state index contributed by atoms with van der Waals surface area (Å²) in [7, 11) is 0. The molecule has 1 aromatic carbocycles. The second-order valence-corrected chi connectivity index (χ2v) is 5.51. The number of carbonyl (C=O) groups is 2. The largest absolute Gasteiger partial charge is 0.350 e. The van der Waals surface area contributed by atoms with E-state index in [1.807, 2.05) is 26.0 Å². The molecule has 2 rings (SSSR count). The van der Waals surface area contributed by atoms with Gasteiger partial charge in [-0.2, -0.15) is 5.10 Å². The first-order chi connectivity index (χ1) is 11.0. The predicted octanol–water partition coefficient (Wildman–Crippen LogP) is 1.91. The molecule has 6 nitrogen and oxygen atoms in total. The lowest BCUT2D eigenvalue weighted by Crippen LogP contribution is -2.37. The van der Waals surface area contributed by atoms with Crippen LogP contribution in [0.25, 0.3) is 0 Å². The van der Waals surface area contributed by atoms with Crippen molar-refractivity contribution in [2.24, 2.45) is 0 Å². The van der Waals surface area contributed by atoms with Gasteiger partial charge in [-0.1, -0.05) is 23.7 Å². The summed E-state index contributed by atoms with van der Waals surface area (Å²) in [5.41, 5.74) is 2.16. The SMILES string of the molecule is CCn1nc(C)cc1C(=O)NCC(=O)NCc1ccc(Cl)cc1. The van der Waals surface area contributed by atoms with Crippen molar-refractivity contribution in [3.8, 4) is 0 Å². The van der Waals surface area contributed by atoms with Crippen LogP contribution < -0.4 is 10.6 Å². The first-order valence-corrected chi connectivity index (χ1v) is 7.71. The fourth-order valence-electron chi connectivity index (χ4n) is 2.09. The summed E-state index contributed by atoms with van der Waals surface area (Å²) in [5, 5.41) is 10.2. The number of carbonyl (C=O) groups excluding carboxylic acids is 2. The highest BCUT2D eigenvalue weighted by Crippen LogP contribution is 2.09. The molecule has 0 saturated carbocycles. The monoisotopic (exact) mass is 334 g/mol. The second-order valence-electron chi connectivity index (χ2n) is 5.07. The van der Waals surface area contributed by atoms with Crippen LogP contribution in [0.1, 0.15) is 28.7 Å². The Morgan fingerprint density at radius 2 is 1.91 bits per heavy atom. The van der Waals surface area contributed by atoms with Gasteiger partial charge in [0.25, 0.3) is 5.91 Å². The molecule has 0 bridgehead atoms. The number of benzene rings is 1. The molecular weight excluding hydrogens is 316 g/mol. The minimum atomic E-state index is -0.311. The summed E-state index contributed by atoms with van der Waals surface area (Å²) in [4.78, 5) is 23.9. The number of hydrogen-bond acceptors (Lipinski definition) is 3. The van der Waals surface area contributed by atoms with Gasteiger partial charge in [-0.15, -0.1) is 0 Å². The number of aromatic nitrogens is 2. The summed E-state index contributed by atoms with van der Waals surface area (Å²) in [5.74, 6) is -0.568. The third-order valence-electron chi connectivity index (χ3n) is 3.25. The molecule has 0 unspecified atom stereocenters. The van der Waals surface area contributed by atoms with Gasteiger partial charge in [0.2, 0.25) is 5.91 Å². The van der Waals surface area contributed by atoms with Crippen molar-refractivity contribution < 1.29 is 9.59 Å². The number of halogens is 1. The van der Waals surface area contributed by atoms with E-state index in [0.29, 0.717) is 23.8 Å². The quantitative estimate of drug-likeness (QED) is 0.847. The molecular formula is C16H19ClN4O2. The topological polar surface area (TPSA) is 76.0 Å². The number of amides is 2. The van der Waals surface area contributed by atoms with Gasteiger partial charge in [-0.25, -0.2) is 0 Å². The van der Waals surface area contributed by atoms with E-state index in [4.69, 9.17) is 11.6 Å². The molecule has 0 saturated heterocycles. The van der Waals surface area contributed by atoms with Gasteiger partial charge in [0, 0.05) is 18.1 Å². The van der Waals surface area contributed by atoms with Crippen molar-refractivity contribution in [1.82, 2.24) is 20.4 Å². The van der Waals surface area contributed by atoms with E-state index in [9.17, 15) is 9.59 Å². The van der Waals surface area contributed by atoms with E-state index in [1.165, 1.54) is 0 Å². The molecule has 1 heterocycles. The van der Waals surface area contributed by atoms with E-state index in [-0.39, 0.29) is 18.4 Å². The van der Waals surface area contributed by atoms with Crippen molar-refractivity contribution in [3.05, 3.63) is 52.3 Å². The molecule has 0 spiro atoms. The fraction of sp³-hybridized carbons (Fsp3) is 0.312. The van der Waals surface area contributed by atoms with E-state index >= 15 is 0 Å². The van der Waals surface area contributed by atoms with Crippen LogP contribution in [0.5, 0.6) is 0 Å². The van der Waals surface area contributed by atoms with Crippen LogP contribution in [0.4, 0.5) is 0 Å². The average Bonchev–Trinajstić information content (AvgIpc) is 2.93. The summed E-state index contributed by atoms with van der Waals surface area (Å²) in [6.07, 6.45) is 0. The molecule has 0 fully saturated rings. The summed E-state index contributed by atoms with van der Waals surface area (Å²) in [6, 6.07) is 8.90. The first kappa shape index (κ1) is 17.0. The smallest absolute Gasteiger partial charge is 0.269 e. The van der Waals surface area contributed by atoms with E-state index < -0.39 is 0 Å². The molecule has 0 aliphatic rings. The van der Waals surface area contributed by atoms with Crippen LogP contribution in [-0.4, -0.2) is 28.1 Å². The van der Waals surface area contributed by atoms with E-state index in [2.05, 4.69) is 15.7 Å². The lowest BCUT2D eigenvalue weighted by atomic mass is 10.2. The summed E-state index contributed by atoms with van der Waals surface area (Å²) >= 11 is 5.80. The molecule has 2 amide bonds. The van der Waals surface area contributed by atoms with Crippen LogP contribution in [0.3, 0.4) is 0 Å². The van der Waals surface area contributed by atoms with E-state index in [1.54, 1.807) is 22.9 Å². The zero-order chi connectivity index (χ0) is 16.8. The first-order valence-electron chi connectivity index (χ1n) is 7.33. The normalized spacial score (nSPS) is 10.4. The van der Waals surface area contributed by atoms with Gasteiger partial charge in [-0.05, 0) is 37.6 Å². The Balaban J connectivity index is 1.81. The number of hydrogen-bond donors (Lipinski definition) is 2. The number of nitrogens with one attached hydrogen (secondary N) is 2. The number of rotatable bonds is 6. The Morgan fingerprint density at radius 1 is 1.22 bits per heavy atom. The van der Waals surface area contributed by atoms with Crippen LogP contribution in [-0.2, 0) is 17.9 Å². The molecule has 2 aromatic rings. The van der Waals surface area contributed by atoms with Crippen molar-refractivity contribution in [2.45, 2.75) is 26.9 Å². The second kappa shape index (κ2) is 7.78. The Hall–Kier alpha value is -2.34. The van der Waals surface area contributed by atoms with E-state index in [0.717, 1.165) is 11.3 Å². The molecule has 0 aliphatic carbocycles. The van der Waals surface area contributed by atoms with Gasteiger partial charge in [0.1, 0.15) is 5.69 Å². The zero-order valence-electron chi connectivity index (χ0n) is 13.1. The Labute approximate surface area is 139 Å². The van der Waals surface area contributed by atoms with Gasteiger partial charge < -0.3 is 10.6 Å². The molecule has 0 aliphatic heterocycles. The minimum absolute atomic E-state index is 0.0830. The molecule has 1 aromatic heterocycles. The highest BCUT2D eigenvalue weighted by molar-refractivity contribution is 6.30. The molecule has 0 atom stereocenters. The van der Waals surface area contributed by atoms with Gasteiger partial charge >= 0.3 is 0 Å². The van der Waals surface area contributed by atoms with Crippen LogP contribution in [0.2, 0.25) is 5.02 Å². The predicted molar refractivity (Wildman–Crippen MR) is 88.3 cm³/mol. The highest BCUT2D eigenvalue weighted by atomic mass is 35.5. The lowest BCUT2D eigenvalue weighted by Gasteiger charge is -2.08. The molecule has 2 N–H and O–H groups in total. The van der Waals surface area contributed by atoms with Crippen LogP contribution in [0, 0.1) is 6.92 Å². The van der Waals surface area contributed by atoms with Crippen molar-refractivity contribution in [1.29, 1.82) is 0 Å². The number of aryl methyl sites for hydroxylation is 2. The van der Waals surface area contributed by atoms with Crippen LogP contribution >= 0.6 is 11.6 Å². The summed E-state index contributed by atoms with van der Waals surface area (Å²) < 4.78 is 1.61.